The summed E-state index contributed by atoms with van der Waals surface area (Å²) in [4.78, 5) is 9.78. The number of aromatic hydroxyl groups is 1. The first kappa shape index (κ1) is 31.1. The van der Waals surface area contributed by atoms with Crippen LogP contribution in [0.1, 0.15) is 5.82 Å². The van der Waals surface area contributed by atoms with E-state index >= 15 is 0 Å². The molecule has 0 bridgehead atoms. The van der Waals surface area contributed by atoms with E-state index in [1.54, 1.807) is 0 Å². The second kappa shape index (κ2) is 11.0. The average Bonchev–Trinajstić information content (AvgIpc) is 2.89. The molecule has 20 heteroatoms. The highest BCUT2D eigenvalue weighted by Gasteiger charge is 2.24. The number of nitrogens with one attached hydrogen (secondary N) is 1. The van der Waals surface area contributed by atoms with E-state index in [0.29, 0.717) is 0 Å². The first-order valence-corrected chi connectivity index (χ1v) is 16.5. The van der Waals surface area contributed by atoms with Crippen LogP contribution in [0.4, 0.5) is 23.0 Å². The smallest absolute Gasteiger partial charge is 0.297 e. The molecule has 0 aliphatic carbocycles. The lowest BCUT2D eigenvalue weighted by atomic mass is 10.1. The molecular weight excluding hydrogens is 664 g/mol. The molecule has 5 rings (SSSR count). The maximum Gasteiger partial charge on any atom is 0.297 e. The van der Waals surface area contributed by atoms with Crippen molar-refractivity contribution in [2.75, 3.05) is 5.32 Å². The predicted molar refractivity (Wildman–Crippen MR) is 156 cm³/mol. The Labute approximate surface area is 253 Å². The molecule has 5 aromatic rings. The summed E-state index contributed by atoms with van der Waals surface area (Å²) in [5, 5.41) is 21.0. The molecule has 228 valence electrons. The lowest BCUT2D eigenvalue weighted by Crippen LogP contribution is -2.04. The number of hydrogen-bond acceptors (Lipinski definition) is 13. The average molecular weight is 681 g/mol. The second-order valence-corrected chi connectivity index (χ2v) is 13.5. The predicted octanol–water partition coefficient (Wildman–Crippen LogP) is 4.74. The van der Waals surface area contributed by atoms with Gasteiger partial charge in [0.2, 0.25) is 11.2 Å². The number of rotatable bonds is 7. The van der Waals surface area contributed by atoms with Gasteiger partial charge in [-0.15, -0.1) is 10.2 Å². The minimum atomic E-state index is -5.05. The maximum absolute atomic E-state index is 12.3. The van der Waals surface area contributed by atoms with E-state index in [0.717, 1.165) is 36.4 Å². The molecule has 0 aliphatic rings. The van der Waals surface area contributed by atoms with E-state index in [4.69, 9.17) is 11.6 Å². The lowest BCUT2D eigenvalue weighted by molar-refractivity contribution is 0.480. The van der Waals surface area contributed by atoms with Gasteiger partial charge in [0.25, 0.3) is 30.4 Å². The molecule has 4 aromatic carbocycles. The number of benzene rings is 4. The van der Waals surface area contributed by atoms with Crippen LogP contribution in [-0.2, 0) is 30.4 Å². The van der Waals surface area contributed by atoms with Crippen molar-refractivity contribution in [1.82, 2.24) is 15.0 Å². The third-order valence-corrected chi connectivity index (χ3v) is 8.92. The maximum atomic E-state index is 12.3. The number of fused-ring (bicyclic) bond motifs is 2. The molecule has 0 amide bonds. The van der Waals surface area contributed by atoms with Crippen molar-refractivity contribution in [3.8, 4) is 5.75 Å². The van der Waals surface area contributed by atoms with Crippen molar-refractivity contribution in [3.05, 3.63) is 65.7 Å². The highest BCUT2D eigenvalue weighted by atomic mass is 35.5. The molecule has 0 aliphatic heterocycles. The molecule has 0 atom stereocenters. The largest absolute Gasteiger partial charge is 0.505 e. The molecule has 1 heterocycles. The Morgan fingerprint density at radius 2 is 1.45 bits per heavy atom. The Morgan fingerprint density at radius 1 is 0.773 bits per heavy atom. The van der Waals surface area contributed by atoms with Crippen molar-refractivity contribution >= 4 is 86.5 Å². The summed E-state index contributed by atoms with van der Waals surface area (Å²) in [6, 6.07) is 10.1. The van der Waals surface area contributed by atoms with Crippen LogP contribution in [0, 0.1) is 6.92 Å². The summed E-state index contributed by atoms with van der Waals surface area (Å²) in [6.07, 6.45) is 0. The Hall–Kier alpha value is -4.37. The zero-order chi connectivity index (χ0) is 32.2. The van der Waals surface area contributed by atoms with E-state index in [9.17, 15) is 44.0 Å². The Balaban J connectivity index is 1.70. The van der Waals surface area contributed by atoms with Gasteiger partial charge < -0.3 is 10.4 Å². The highest BCUT2D eigenvalue weighted by molar-refractivity contribution is 7.86. The van der Waals surface area contributed by atoms with Crippen molar-refractivity contribution in [1.29, 1.82) is 0 Å². The minimum Gasteiger partial charge on any atom is -0.505 e. The Bertz CT molecular complexity index is 2370. The first-order valence-electron chi connectivity index (χ1n) is 11.8. The second-order valence-electron chi connectivity index (χ2n) is 8.99. The number of aromatic nitrogens is 3. The number of hydrogen-bond donors (Lipinski definition) is 5. The number of azo groups is 1. The van der Waals surface area contributed by atoms with Crippen molar-refractivity contribution in [2.24, 2.45) is 10.2 Å². The fourth-order valence-electron chi connectivity index (χ4n) is 4.33. The number of aryl methyl sites for hydroxylation is 1. The molecule has 0 saturated heterocycles. The quantitative estimate of drug-likeness (QED) is 0.115. The van der Waals surface area contributed by atoms with Crippen molar-refractivity contribution in [3.63, 3.8) is 0 Å². The van der Waals surface area contributed by atoms with E-state index < -0.39 is 56.5 Å². The van der Waals surface area contributed by atoms with E-state index in [1.165, 1.54) is 25.1 Å². The Morgan fingerprint density at radius 3 is 2.09 bits per heavy atom. The molecule has 0 spiro atoms. The highest BCUT2D eigenvalue weighted by Crippen LogP contribution is 2.43. The molecule has 44 heavy (non-hydrogen) atoms. The van der Waals surface area contributed by atoms with Crippen LogP contribution < -0.4 is 5.32 Å². The summed E-state index contributed by atoms with van der Waals surface area (Å²) in [7, 11) is -14.5. The minimum absolute atomic E-state index is 0.0469. The van der Waals surface area contributed by atoms with Crippen LogP contribution in [0.5, 0.6) is 5.75 Å². The van der Waals surface area contributed by atoms with Gasteiger partial charge in [-0.2, -0.15) is 35.2 Å². The van der Waals surface area contributed by atoms with Gasteiger partial charge in [0, 0.05) is 16.2 Å². The fraction of sp³-hybridized carbons (Fsp3) is 0.0417. The summed E-state index contributed by atoms with van der Waals surface area (Å²) in [5.41, 5.74) is -0.839. The topological polar surface area (TPSA) is 259 Å². The molecule has 0 radical (unpaired) electrons. The lowest BCUT2D eigenvalue weighted by Gasteiger charge is -2.13. The molecule has 0 fully saturated rings. The third kappa shape index (κ3) is 6.15. The molecule has 1 aromatic heterocycles. The molecule has 5 N–H and O–H groups in total. The van der Waals surface area contributed by atoms with Gasteiger partial charge in [0.05, 0.1) is 10.6 Å². The van der Waals surface area contributed by atoms with Crippen LogP contribution in [0.15, 0.2) is 79.5 Å². The van der Waals surface area contributed by atoms with Crippen molar-refractivity contribution in [2.45, 2.75) is 21.6 Å². The normalized spacial score (nSPS) is 12.8. The van der Waals surface area contributed by atoms with E-state index in [-0.39, 0.29) is 50.0 Å². The number of phenols is 1. The van der Waals surface area contributed by atoms with Crippen LogP contribution in [0.3, 0.4) is 0 Å². The monoisotopic (exact) mass is 680 g/mol. The van der Waals surface area contributed by atoms with Gasteiger partial charge in [0.15, 0.2) is 5.75 Å². The fourth-order valence-corrected chi connectivity index (χ4v) is 6.62. The number of phenolic OH excluding ortho intramolecular Hbond substituents is 1. The van der Waals surface area contributed by atoms with Crippen LogP contribution in [-0.4, -0.2) is 59.0 Å². The first-order chi connectivity index (χ1) is 20.4. The third-order valence-electron chi connectivity index (χ3n) is 6.06. The zero-order valence-corrected chi connectivity index (χ0v) is 25.0. The van der Waals surface area contributed by atoms with Gasteiger partial charge in [-0.3, -0.25) is 13.7 Å². The van der Waals surface area contributed by atoms with Crippen molar-refractivity contribution < 1.29 is 44.0 Å². The Kier molecular flexibility index (Phi) is 7.74. The molecular formula is C24H17ClN6O10S3. The number of halogens is 1. The van der Waals surface area contributed by atoms with Crippen LogP contribution >= 0.6 is 11.6 Å². The SMILES string of the molecule is Cc1nc(Cl)nc(Nc2cc(S(=O)(=O)O)cc3ccc(N=Nc4ccc5c(S(=O)(=O)O)cccc5c4S(=O)(=O)O)c(O)c23)n1. The zero-order valence-electron chi connectivity index (χ0n) is 21.8. The summed E-state index contributed by atoms with van der Waals surface area (Å²) in [5.74, 6) is -0.522. The van der Waals surface area contributed by atoms with Gasteiger partial charge in [-0.05, 0) is 54.2 Å². The van der Waals surface area contributed by atoms with Gasteiger partial charge in [-0.1, -0.05) is 24.3 Å². The van der Waals surface area contributed by atoms with Crippen LogP contribution in [0.2, 0.25) is 5.28 Å². The standard InChI is InChI=1S/C24H17ClN6O10S3/c1-11-26-23(25)29-24(27-11)28-18-10-13(42(33,34)35)9-12-5-7-16(21(32)20(12)18)30-31-17-8-6-14-15(22(17)44(39,40)41)3-2-4-19(14)43(36,37)38/h2-10,32H,1H3,(H,33,34,35)(H,36,37,38)(H,39,40,41)(H,26,27,28,29). The van der Waals surface area contributed by atoms with Gasteiger partial charge in [0.1, 0.15) is 27.0 Å². The number of nitrogens with zero attached hydrogens (tertiary/aromatic N) is 5. The molecule has 16 nitrogen and oxygen atoms in total. The summed E-state index contributed by atoms with van der Waals surface area (Å²) >= 11 is 5.89. The van der Waals surface area contributed by atoms with Crippen LogP contribution in [0.25, 0.3) is 21.5 Å². The van der Waals surface area contributed by atoms with E-state index in [2.05, 4.69) is 30.5 Å². The molecule has 0 saturated carbocycles. The number of anilines is 2. The summed E-state index contributed by atoms with van der Waals surface area (Å²) < 4.78 is 101. The van der Waals surface area contributed by atoms with E-state index in [1.807, 2.05) is 0 Å². The summed E-state index contributed by atoms with van der Waals surface area (Å²) in [6.45, 7) is 1.51. The molecule has 0 unspecified atom stereocenters. The van der Waals surface area contributed by atoms with Gasteiger partial charge in [-0.25, -0.2) is 4.98 Å². The van der Waals surface area contributed by atoms with Gasteiger partial charge >= 0.3 is 0 Å².